The molecule has 0 heterocycles. The number of esters is 1. The number of benzene rings is 2. The second kappa shape index (κ2) is 9.23. The highest BCUT2D eigenvalue weighted by atomic mass is 32.2. The standard InChI is InChI=1S/C20H23N3O7S/c1-12-6-8-16(31(28,29)22(4)5)11-17(12)21-19(24)14(3)30-20(25)15-7-9-18(23(26)27)13(2)10-15/h6-11,14H,1-5H3,(H,21,24). The van der Waals surface area contributed by atoms with Gasteiger partial charge in [-0.2, -0.15) is 0 Å². The molecule has 0 aliphatic carbocycles. The van der Waals surface area contributed by atoms with Gasteiger partial charge in [-0.05, 0) is 50.6 Å². The monoisotopic (exact) mass is 449 g/mol. The van der Waals surface area contributed by atoms with Crippen LogP contribution in [-0.2, 0) is 19.6 Å². The maximum atomic E-state index is 12.5. The molecule has 2 rings (SSSR count). The Morgan fingerprint density at radius 1 is 1.10 bits per heavy atom. The molecule has 1 atom stereocenters. The topological polar surface area (TPSA) is 136 Å². The Labute approximate surface area is 180 Å². The Hall–Kier alpha value is -3.31. The number of aryl methyl sites for hydroxylation is 2. The van der Waals surface area contributed by atoms with E-state index in [4.69, 9.17) is 4.74 Å². The summed E-state index contributed by atoms with van der Waals surface area (Å²) in [7, 11) is -0.897. The van der Waals surface area contributed by atoms with Crippen molar-refractivity contribution < 1.29 is 27.7 Å². The lowest BCUT2D eigenvalue weighted by Gasteiger charge is -2.17. The molecule has 0 aliphatic rings. The first-order valence-electron chi connectivity index (χ1n) is 9.14. The van der Waals surface area contributed by atoms with Gasteiger partial charge in [0.1, 0.15) is 0 Å². The largest absolute Gasteiger partial charge is 0.449 e. The first-order valence-corrected chi connectivity index (χ1v) is 10.6. The summed E-state index contributed by atoms with van der Waals surface area (Å²) in [4.78, 5) is 35.1. The Morgan fingerprint density at radius 3 is 2.29 bits per heavy atom. The van der Waals surface area contributed by atoms with Gasteiger partial charge in [0.25, 0.3) is 11.6 Å². The van der Waals surface area contributed by atoms with E-state index in [0.29, 0.717) is 5.56 Å². The molecule has 1 N–H and O–H groups in total. The number of sulfonamides is 1. The summed E-state index contributed by atoms with van der Waals surface area (Å²) in [6, 6.07) is 8.07. The van der Waals surface area contributed by atoms with Crippen molar-refractivity contribution in [3.8, 4) is 0 Å². The lowest BCUT2D eigenvalue weighted by molar-refractivity contribution is -0.385. The third-order valence-corrected chi connectivity index (χ3v) is 6.34. The molecule has 10 nitrogen and oxygen atoms in total. The van der Waals surface area contributed by atoms with Gasteiger partial charge in [0.15, 0.2) is 6.10 Å². The predicted octanol–water partition coefficient (Wildman–Crippen LogP) is 2.65. The molecule has 166 valence electrons. The molecule has 0 saturated carbocycles. The van der Waals surface area contributed by atoms with E-state index in [-0.39, 0.29) is 27.4 Å². The molecule has 0 aromatic heterocycles. The minimum Gasteiger partial charge on any atom is -0.449 e. The smallest absolute Gasteiger partial charge is 0.338 e. The summed E-state index contributed by atoms with van der Waals surface area (Å²) in [6.45, 7) is 4.54. The number of rotatable bonds is 7. The van der Waals surface area contributed by atoms with Crippen molar-refractivity contribution >= 4 is 33.3 Å². The average Bonchev–Trinajstić information content (AvgIpc) is 2.68. The zero-order valence-corrected chi connectivity index (χ0v) is 18.5. The zero-order chi connectivity index (χ0) is 23.5. The third-order valence-electron chi connectivity index (χ3n) is 4.53. The van der Waals surface area contributed by atoms with Gasteiger partial charge in [-0.1, -0.05) is 6.07 Å². The Bertz CT molecular complexity index is 1140. The average molecular weight is 449 g/mol. The van der Waals surface area contributed by atoms with Gasteiger partial charge in [-0.25, -0.2) is 17.5 Å². The second-order valence-electron chi connectivity index (χ2n) is 7.06. The Morgan fingerprint density at radius 2 is 1.74 bits per heavy atom. The van der Waals surface area contributed by atoms with Crippen molar-refractivity contribution in [2.75, 3.05) is 19.4 Å². The first kappa shape index (κ1) is 24.0. The van der Waals surface area contributed by atoms with E-state index in [2.05, 4.69) is 5.32 Å². The van der Waals surface area contributed by atoms with Crippen LogP contribution in [0.4, 0.5) is 11.4 Å². The summed E-state index contributed by atoms with van der Waals surface area (Å²) in [5, 5.41) is 13.5. The van der Waals surface area contributed by atoms with Crippen molar-refractivity contribution in [2.45, 2.75) is 31.8 Å². The van der Waals surface area contributed by atoms with Crippen LogP contribution in [0, 0.1) is 24.0 Å². The first-order chi connectivity index (χ1) is 14.3. The number of hydrogen-bond acceptors (Lipinski definition) is 7. The number of nitro groups is 1. The number of amides is 1. The second-order valence-corrected chi connectivity index (χ2v) is 9.21. The van der Waals surface area contributed by atoms with Gasteiger partial charge in [0.05, 0.1) is 15.4 Å². The maximum absolute atomic E-state index is 12.5. The van der Waals surface area contributed by atoms with Crippen molar-refractivity contribution in [1.82, 2.24) is 4.31 Å². The maximum Gasteiger partial charge on any atom is 0.338 e. The molecular formula is C20H23N3O7S. The lowest BCUT2D eigenvalue weighted by atomic mass is 10.1. The fourth-order valence-corrected chi connectivity index (χ4v) is 3.54. The van der Waals surface area contributed by atoms with E-state index in [1.54, 1.807) is 13.0 Å². The van der Waals surface area contributed by atoms with E-state index in [1.165, 1.54) is 58.3 Å². The summed E-state index contributed by atoms with van der Waals surface area (Å²) in [6.07, 6.45) is -1.20. The van der Waals surface area contributed by atoms with Gasteiger partial charge in [-0.15, -0.1) is 0 Å². The van der Waals surface area contributed by atoms with Crippen LogP contribution >= 0.6 is 0 Å². The van der Waals surface area contributed by atoms with Crippen LogP contribution in [0.5, 0.6) is 0 Å². The van der Waals surface area contributed by atoms with E-state index in [1.807, 2.05) is 0 Å². The number of hydrogen-bond donors (Lipinski definition) is 1. The summed E-state index contributed by atoms with van der Waals surface area (Å²) in [5.41, 5.74) is 1.10. The zero-order valence-electron chi connectivity index (χ0n) is 17.7. The SMILES string of the molecule is Cc1ccc(S(=O)(=O)N(C)C)cc1NC(=O)C(C)OC(=O)c1ccc([N+](=O)[O-])c(C)c1. The van der Waals surface area contributed by atoms with Crippen LogP contribution in [0.15, 0.2) is 41.3 Å². The highest BCUT2D eigenvalue weighted by Crippen LogP contribution is 2.23. The van der Waals surface area contributed by atoms with Crippen LogP contribution in [0.1, 0.15) is 28.4 Å². The molecule has 0 aliphatic heterocycles. The number of ether oxygens (including phenoxy) is 1. The molecule has 1 unspecified atom stereocenters. The Balaban J connectivity index is 2.15. The van der Waals surface area contributed by atoms with Gasteiger partial charge in [0, 0.05) is 31.4 Å². The number of carbonyl (C=O) groups is 2. The van der Waals surface area contributed by atoms with Crippen LogP contribution in [0.2, 0.25) is 0 Å². The number of nitro benzene ring substituents is 1. The lowest BCUT2D eigenvalue weighted by Crippen LogP contribution is -2.30. The molecule has 0 bridgehead atoms. The third kappa shape index (κ3) is 5.44. The fraction of sp³-hybridized carbons (Fsp3) is 0.300. The van der Waals surface area contributed by atoms with E-state index < -0.39 is 32.9 Å². The summed E-state index contributed by atoms with van der Waals surface area (Å²) in [5.74, 6) is -1.48. The molecule has 2 aromatic carbocycles. The van der Waals surface area contributed by atoms with Gasteiger partial charge >= 0.3 is 5.97 Å². The van der Waals surface area contributed by atoms with Crippen molar-refractivity contribution in [3.63, 3.8) is 0 Å². The normalized spacial score (nSPS) is 12.3. The highest BCUT2D eigenvalue weighted by molar-refractivity contribution is 7.89. The van der Waals surface area contributed by atoms with Gasteiger partial charge < -0.3 is 10.1 Å². The highest BCUT2D eigenvalue weighted by Gasteiger charge is 2.23. The minimum absolute atomic E-state index is 0.00408. The molecule has 1 amide bonds. The van der Waals surface area contributed by atoms with Gasteiger partial charge in [-0.3, -0.25) is 14.9 Å². The quantitative estimate of drug-likeness (QED) is 0.390. The van der Waals surface area contributed by atoms with Crippen molar-refractivity contribution in [3.05, 3.63) is 63.2 Å². The van der Waals surface area contributed by atoms with Crippen molar-refractivity contribution in [2.24, 2.45) is 0 Å². The molecule has 31 heavy (non-hydrogen) atoms. The minimum atomic E-state index is -3.69. The van der Waals surface area contributed by atoms with E-state index >= 15 is 0 Å². The van der Waals surface area contributed by atoms with Crippen LogP contribution in [0.3, 0.4) is 0 Å². The molecule has 11 heteroatoms. The molecule has 2 aromatic rings. The molecular weight excluding hydrogens is 426 g/mol. The van der Waals surface area contributed by atoms with E-state index in [9.17, 15) is 28.1 Å². The molecule has 0 radical (unpaired) electrons. The number of nitrogens with one attached hydrogen (secondary N) is 1. The number of anilines is 1. The van der Waals surface area contributed by atoms with E-state index in [0.717, 1.165) is 4.31 Å². The van der Waals surface area contributed by atoms with Gasteiger partial charge in [0.2, 0.25) is 10.0 Å². The van der Waals surface area contributed by atoms with Crippen LogP contribution < -0.4 is 5.32 Å². The van der Waals surface area contributed by atoms with Crippen LogP contribution in [0.25, 0.3) is 0 Å². The summed E-state index contributed by atoms with van der Waals surface area (Å²) < 4.78 is 30.8. The summed E-state index contributed by atoms with van der Waals surface area (Å²) >= 11 is 0. The molecule has 0 spiro atoms. The fourth-order valence-electron chi connectivity index (χ4n) is 2.61. The van der Waals surface area contributed by atoms with Crippen molar-refractivity contribution in [1.29, 1.82) is 0 Å². The molecule has 0 fully saturated rings. The van der Waals surface area contributed by atoms with Crippen LogP contribution in [-0.4, -0.2) is 49.7 Å². The molecule has 0 saturated heterocycles. The predicted molar refractivity (Wildman–Crippen MR) is 113 cm³/mol. The number of nitrogens with zero attached hydrogens (tertiary/aromatic N) is 2. The Kier molecular flexibility index (Phi) is 7.13. The number of carbonyl (C=O) groups excluding carboxylic acids is 2.